The molecule has 0 unspecified atom stereocenters. The fourth-order valence-electron chi connectivity index (χ4n) is 3.56. The van der Waals surface area contributed by atoms with Crippen molar-refractivity contribution in [1.29, 1.82) is 0 Å². The van der Waals surface area contributed by atoms with Crippen molar-refractivity contribution in [2.45, 2.75) is 38.5 Å². The first-order valence-corrected chi connectivity index (χ1v) is 6.31. The fourth-order valence-corrected chi connectivity index (χ4v) is 3.84. The smallest absolute Gasteiger partial charge is 0.165 e. The highest BCUT2D eigenvalue weighted by Gasteiger charge is 2.46. The zero-order valence-corrected chi connectivity index (χ0v) is 11.4. The van der Waals surface area contributed by atoms with Crippen LogP contribution in [0.4, 0.5) is 0 Å². The first-order valence-electron chi connectivity index (χ1n) is 5.93. The van der Waals surface area contributed by atoms with Crippen LogP contribution in [0.3, 0.4) is 0 Å². The minimum atomic E-state index is 0. The summed E-state index contributed by atoms with van der Waals surface area (Å²) >= 11 is 6.15. The molecule has 0 saturated heterocycles. The Morgan fingerprint density at radius 2 is 2.18 bits per heavy atom. The molecule has 0 amide bonds. The number of carbonyl (C=O) groups is 1. The lowest BCUT2D eigenvalue weighted by molar-refractivity contribution is 0.0886. The molecule has 0 radical (unpaired) electrons. The van der Waals surface area contributed by atoms with E-state index in [1.165, 1.54) is 24.8 Å². The molecule has 17 heavy (non-hydrogen) atoms. The summed E-state index contributed by atoms with van der Waals surface area (Å²) in [6.07, 6.45) is 4.29. The first kappa shape index (κ1) is 12.9. The van der Waals surface area contributed by atoms with Crippen LogP contribution in [-0.4, -0.2) is 5.78 Å². The Morgan fingerprint density at radius 3 is 2.94 bits per heavy atom. The highest BCUT2D eigenvalue weighted by molar-refractivity contribution is 6.34. The normalized spacial score (nSPS) is 30.5. The van der Waals surface area contributed by atoms with Gasteiger partial charge in [-0.1, -0.05) is 37.1 Å². The van der Waals surface area contributed by atoms with E-state index in [-0.39, 0.29) is 23.6 Å². The SMILES string of the molecule is C[C@]12CCC[C@H]1c1cccc(Cl)c1C(=O)C2.Cl. The van der Waals surface area contributed by atoms with Crippen molar-refractivity contribution in [2.24, 2.45) is 5.41 Å². The van der Waals surface area contributed by atoms with Gasteiger partial charge < -0.3 is 0 Å². The van der Waals surface area contributed by atoms with Gasteiger partial charge in [-0.15, -0.1) is 12.4 Å². The maximum absolute atomic E-state index is 12.2. The van der Waals surface area contributed by atoms with Crippen molar-refractivity contribution in [1.82, 2.24) is 0 Å². The standard InChI is InChI=1S/C14H15ClO.ClH/c1-14-7-3-5-10(14)9-4-2-6-11(15)13(9)12(16)8-14;/h2,4,6,10H,3,5,7-8H2,1H3;1H/t10-,14+;/m0./s1. The number of halogens is 2. The number of benzene rings is 1. The van der Waals surface area contributed by atoms with Crippen LogP contribution in [0.2, 0.25) is 5.02 Å². The number of rotatable bonds is 0. The fraction of sp³-hybridized carbons (Fsp3) is 0.500. The van der Waals surface area contributed by atoms with Gasteiger partial charge in [0.2, 0.25) is 0 Å². The van der Waals surface area contributed by atoms with Gasteiger partial charge in [0.15, 0.2) is 5.78 Å². The third-order valence-corrected chi connectivity index (χ3v) is 4.66. The molecule has 92 valence electrons. The third kappa shape index (κ3) is 1.80. The summed E-state index contributed by atoms with van der Waals surface area (Å²) in [6, 6.07) is 5.89. The molecule has 0 bridgehead atoms. The zero-order chi connectivity index (χ0) is 11.3. The molecule has 0 spiro atoms. The van der Waals surface area contributed by atoms with Gasteiger partial charge in [0, 0.05) is 12.0 Å². The molecule has 1 fully saturated rings. The first-order chi connectivity index (χ1) is 7.62. The van der Waals surface area contributed by atoms with Gasteiger partial charge in [-0.05, 0) is 35.8 Å². The van der Waals surface area contributed by atoms with E-state index in [9.17, 15) is 4.79 Å². The lowest BCUT2D eigenvalue weighted by Crippen LogP contribution is -2.30. The quantitative estimate of drug-likeness (QED) is 0.672. The van der Waals surface area contributed by atoms with Crippen molar-refractivity contribution in [2.75, 3.05) is 0 Å². The second-order valence-corrected chi connectivity index (χ2v) is 5.81. The van der Waals surface area contributed by atoms with Crippen LogP contribution in [0, 0.1) is 5.41 Å². The predicted octanol–water partition coefficient (Wildman–Crippen LogP) is 4.62. The zero-order valence-electron chi connectivity index (χ0n) is 9.83. The van der Waals surface area contributed by atoms with Crippen LogP contribution in [0.15, 0.2) is 18.2 Å². The largest absolute Gasteiger partial charge is 0.294 e. The minimum Gasteiger partial charge on any atom is -0.294 e. The number of Topliss-reactive ketones (excluding diaryl/α,β-unsaturated/α-hetero) is 1. The second-order valence-electron chi connectivity index (χ2n) is 5.40. The molecule has 1 nitrogen and oxygen atoms in total. The summed E-state index contributed by atoms with van der Waals surface area (Å²) in [5.41, 5.74) is 2.19. The van der Waals surface area contributed by atoms with Crippen molar-refractivity contribution in [3.05, 3.63) is 34.3 Å². The number of ketones is 1. The van der Waals surface area contributed by atoms with E-state index in [0.717, 1.165) is 5.56 Å². The molecule has 2 aliphatic carbocycles. The maximum Gasteiger partial charge on any atom is 0.165 e. The Hall–Kier alpha value is -0.530. The van der Waals surface area contributed by atoms with Gasteiger partial charge in [-0.3, -0.25) is 4.79 Å². The molecule has 2 aliphatic rings. The Morgan fingerprint density at radius 1 is 1.41 bits per heavy atom. The van der Waals surface area contributed by atoms with E-state index in [1.54, 1.807) is 0 Å². The summed E-state index contributed by atoms with van der Waals surface area (Å²) in [5, 5.41) is 0.636. The van der Waals surface area contributed by atoms with E-state index in [1.807, 2.05) is 12.1 Å². The van der Waals surface area contributed by atoms with Crippen LogP contribution < -0.4 is 0 Å². The van der Waals surface area contributed by atoms with Crippen LogP contribution in [0.5, 0.6) is 0 Å². The highest BCUT2D eigenvalue weighted by atomic mass is 35.5. The van der Waals surface area contributed by atoms with E-state index >= 15 is 0 Å². The van der Waals surface area contributed by atoms with E-state index < -0.39 is 0 Å². The predicted molar refractivity (Wildman–Crippen MR) is 72.3 cm³/mol. The Bertz CT molecular complexity index is 469. The summed E-state index contributed by atoms with van der Waals surface area (Å²) in [6.45, 7) is 2.26. The molecular formula is C14H16Cl2O. The molecule has 3 heteroatoms. The van der Waals surface area contributed by atoms with Crippen molar-refractivity contribution in [3.8, 4) is 0 Å². The molecule has 0 heterocycles. The number of hydrogen-bond donors (Lipinski definition) is 0. The molecule has 2 atom stereocenters. The number of hydrogen-bond acceptors (Lipinski definition) is 1. The number of fused-ring (bicyclic) bond motifs is 3. The topological polar surface area (TPSA) is 17.1 Å². The van der Waals surface area contributed by atoms with Crippen LogP contribution in [-0.2, 0) is 0 Å². The summed E-state index contributed by atoms with van der Waals surface area (Å²) in [4.78, 5) is 12.2. The molecular weight excluding hydrogens is 255 g/mol. The van der Waals surface area contributed by atoms with Crippen molar-refractivity contribution in [3.63, 3.8) is 0 Å². The van der Waals surface area contributed by atoms with Gasteiger partial charge >= 0.3 is 0 Å². The van der Waals surface area contributed by atoms with Crippen LogP contribution >= 0.6 is 24.0 Å². The number of carbonyl (C=O) groups excluding carboxylic acids is 1. The summed E-state index contributed by atoms with van der Waals surface area (Å²) < 4.78 is 0. The molecule has 0 N–H and O–H groups in total. The summed E-state index contributed by atoms with van der Waals surface area (Å²) in [7, 11) is 0. The van der Waals surface area contributed by atoms with Gasteiger partial charge in [0.25, 0.3) is 0 Å². The monoisotopic (exact) mass is 270 g/mol. The lowest BCUT2D eigenvalue weighted by Gasteiger charge is -2.37. The van der Waals surface area contributed by atoms with Gasteiger partial charge in [-0.2, -0.15) is 0 Å². The second kappa shape index (κ2) is 4.29. The molecule has 0 aliphatic heterocycles. The van der Waals surface area contributed by atoms with Crippen molar-refractivity contribution < 1.29 is 4.79 Å². The van der Waals surface area contributed by atoms with Crippen LogP contribution in [0.1, 0.15) is 54.4 Å². The minimum absolute atomic E-state index is 0. The van der Waals surface area contributed by atoms with Gasteiger partial charge in [0.1, 0.15) is 0 Å². The highest BCUT2D eigenvalue weighted by Crippen LogP contribution is 2.56. The van der Waals surface area contributed by atoms with E-state index in [2.05, 4.69) is 13.0 Å². The van der Waals surface area contributed by atoms with Gasteiger partial charge in [-0.25, -0.2) is 0 Å². The maximum atomic E-state index is 12.2. The molecule has 0 aromatic heterocycles. The van der Waals surface area contributed by atoms with E-state index in [0.29, 0.717) is 17.4 Å². The van der Waals surface area contributed by atoms with Gasteiger partial charge in [0.05, 0.1) is 5.02 Å². The third-order valence-electron chi connectivity index (χ3n) is 4.35. The van der Waals surface area contributed by atoms with Crippen LogP contribution in [0.25, 0.3) is 0 Å². The molecule has 1 saturated carbocycles. The summed E-state index contributed by atoms with van der Waals surface area (Å²) in [5.74, 6) is 0.778. The lowest BCUT2D eigenvalue weighted by atomic mass is 9.66. The Kier molecular flexibility index (Phi) is 3.26. The van der Waals surface area contributed by atoms with E-state index in [4.69, 9.17) is 11.6 Å². The molecule has 1 aromatic rings. The molecule has 1 aromatic carbocycles. The average molecular weight is 271 g/mol. The van der Waals surface area contributed by atoms with Crippen molar-refractivity contribution >= 4 is 29.8 Å². The average Bonchev–Trinajstić information content (AvgIpc) is 2.59. The Balaban J connectivity index is 0.00000108. The molecule has 3 rings (SSSR count). The Labute approximate surface area is 113 Å².